The number of benzene rings is 2. The minimum absolute atomic E-state index is 0.0242. The number of hydrogen-bond acceptors (Lipinski definition) is 5. The summed E-state index contributed by atoms with van der Waals surface area (Å²) >= 11 is 0. The number of carbonyl (C=O) groups is 2. The number of rotatable bonds is 9. The largest absolute Gasteiger partial charge is 0.497 e. The number of anilines is 1. The first kappa shape index (κ1) is 25.7. The SMILES string of the molecule is COc1ccc([C@H](CC(=O)Nc2ccc(S(=O)(=O)N(C)C3CCCCC3)cc2)NC(C)=O)cc1. The standard InChI is InChI=1S/C25H33N3O5S/c1-18(29)26-24(19-9-13-22(33-3)14-10-19)17-25(30)27-20-11-15-23(16-12-20)34(31,32)28(2)21-7-5-4-6-8-21/h9-16,21,24H,4-8,17H2,1-3H3,(H,26,29)(H,27,30)/t24-/m0/s1. The van der Waals surface area contributed by atoms with Gasteiger partial charge in [-0.05, 0) is 54.8 Å². The van der Waals surface area contributed by atoms with Gasteiger partial charge in [0.1, 0.15) is 5.75 Å². The molecule has 1 aliphatic rings. The van der Waals surface area contributed by atoms with E-state index < -0.39 is 16.1 Å². The maximum atomic E-state index is 13.0. The second-order valence-electron chi connectivity index (χ2n) is 8.62. The van der Waals surface area contributed by atoms with E-state index >= 15 is 0 Å². The molecular formula is C25H33N3O5S. The molecule has 0 unspecified atom stereocenters. The molecule has 2 aromatic rings. The van der Waals surface area contributed by atoms with E-state index in [2.05, 4.69) is 10.6 Å². The van der Waals surface area contributed by atoms with Gasteiger partial charge in [0.15, 0.2) is 0 Å². The van der Waals surface area contributed by atoms with Crippen molar-refractivity contribution in [3.05, 3.63) is 54.1 Å². The first-order valence-electron chi connectivity index (χ1n) is 11.5. The second-order valence-corrected chi connectivity index (χ2v) is 10.6. The molecule has 0 heterocycles. The van der Waals surface area contributed by atoms with Crippen LogP contribution in [0, 0.1) is 0 Å². The molecule has 2 aromatic carbocycles. The summed E-state index contributed by atoms with van der Waals surface area (Å²) in [7, 11) is -0.386. The average Bonchev–Trinajstić information content (AvgIpc) is 2.83. The van der Waals surface area contributed by atoms with E-state index in [4.69, 9.17) is 4.74 Å². The molecule has 1 aliphatic carbocycles. The van der Waals surface area contributed by atoms with Crippen LogP contribution >= 0.6 is 0 Å². The third-order valence-corrected chi connectivity index (χ3v) is 8.11. The van der Waals surface area contributed by atoms with E-state index in [9.17, 15) is 18.0 Å². The van der Waals surface area contributed by atoms with Gasteiger partial charge < -0.3 is 15.4 Å². The van der Waals surface area contributed by atoms with Gasteiger partial charge in [0.2, 0.25) is 21.8 Å². The van der Waals surface area contributed by atoms with Crippen molar-refractivity contribution in [1.82, 2.24) is 9.62 Å². The molecule has 1 atom stereocenters. The van der Waals surface area contributed by atoms with Gasteiger partial charge in [-0.2, -0.15) is 4.31 Å². The van der Waals surface area contributed by atoms with Crippen LogP contribution in [0.2, 0.25) is 0 Å². The van der Waals surface area contributed by atoms with Crippen molar-refractivity contribution in [2.75, 3.05) is 19.5 Å². The lowest BCUT2D eigenvalue weighted by Gasteiger charge is -2.30. The van der Waals surface area contributed by atoms with Gasteiger partial charge in [-0.1, -0.05) is 31.4 Å². The predicted octanol–water partition coefficient (Wildman–Crippen LogP) is 3.85. The molecule has 3 rings (SSSR count). The normalized spacial score (nSPS) is 15.5. The van der Waals surface area contributed by atoms with Crippen LogP contribution in [0.4, 0.5) is 5.69 Å². The predicted molar refractivity (Wildman–Crippen MR) is 131 cm³/mol. The number of ether oxygens (including phenoxy) is 1. The molecule has 0 bridgehead atoms. The van der Waals surface area contributed by atoms with Crippen LogP contribution in [0.5, 0.6) is 5.75 Å². The number of hydrogen-bond donors (Lipinski definition) is 2. The quantitative estimate of drug-likeness (QED) is 0.559. The Kier molecular flexibility index (Phi) is 8.68. The number of nitrogens with zero attached hydrogens (tertiary/aromatic N) is 1. The van der Waals surface area contributed by atoms with Crippen LogP contribution in [-0.2, 0) is 19.6 Å². The summed E-state index contributed by atoms with van der Waals surface area (Å²) in [6.45, 7) is 1.40. The lowest BCUT2D eigenvalue weighted by molar-refractivity contribution is -0.120. The highest BCUT2D eigenvalue weighted by molar-refractivity contribution is 7.89. The number of carbonyl (C=O) groups excluding carboxylic acids is 2. The molecule has 0 saturated heterocycles. The van der Waals surface area contributed by atoms with Gasteiger partial charge in [-0.25, -0.2) is 8.42 Å². The van der Waals surface area contributed by atoms with Crippen LogP contribution in [0.15, 0.2) is 53.4 Å². The summed E-state index contributed by atoms with van der Waals surface area (Å²) in [4.78, 5) is 24.5. The van der Waals surface area contributed by atoms with Crippen molar-refractivity contribution < 1.29 is 22.7 Å². The number of methoxy groups -OCH3 is 1. The summed E-state index contributed by atoms with van der Waals surface area (Å²) in [5.41, 5.74) is 1.26. The van der Waals surface area contributed by atoms with Gasteiger partial charge >= 0.3 is 0 Å². The van der Waals surface area contributed by atoms with Gasteiger partial charge in [-0.3, -0.25) is 9.59 Å². The summed E-state index contributed by atoms with van der Waals surface area (Å²) in [5, 5.41) is 5.58. The summed E-state index contributed by atoms with van der Waals surface area (Å²) in [6.07, 6.45) is 5.04. The van der Waals surface area contributed by atoms with Crippen molar-refractivity contribution >= 4 is 27.5 Å². The fourth-order valence-corrected chi connectivity index (χ4v) is 5.66. The fourth-order valence-electron chi connectivity index (χ4n) is 4.25. The zero-order valence-electron chi connectivity index (χ0n) is 19.9. The summed E-state index contributed by atoms with van der Waals surface area (Å²) in [5.74, 6) is 0.133. The van der Waals surface area contributed by atoms with E-state index in [1.807, 2.05) is 0 Å². The Hall–Kier alpha value is -2.91. The molecule has 1 fully saturated rings. The maximum Gasteiger partial charge on any atom is 0.243 e. The van der Waals surface area contributed by atoms with Crippen LogP contribution in [0.25, 0.3) is 0 Å². The molecule has 1 saturated carbocycles. The van der Waals surface area contributed by atoms with E-state index in [0.717, 1.165) is 37.7 Å². The Morgan fingerprint density at radius 1 is 1.03 bits per heavy atom. The van der Waals surface area contributed by atoms with E-state index in [1.54, 1.807) is 50.6 Å². The van der Waals surface area contributed by atoms with Crippen LogP contribution in [-0.4, -0.2) is 44.7 Å². The number of amides is 2. The molecule has 2 N–H and O–H groups in total. The Bertz CT molecular complexity index is 1080. The maximum absolute atomic E-state index is 13.0. The fraction of sp³-hybridized carbons (Fsp3) is 0.440. The van der Waals surface area contributed by atoms with E-state index in [-0.39, 0.29) is 29.2 Å². The average molecular weight is 488 g/mol. The zero-order chi connectivity index (χ0) is 24.7. The highest BCUT2D eigenvalue weighted by Crippen LogP contribution is 2.27. The minimum Gasteiger partial charge on any atom is -0.497 e. The Balaban J connectivity index is 1.66. The Morgan fingerprint density at radius 2 is 1.65 bits per heavy atom. The lowest BCUT2D eigenvalue weighted by Crippen LogP contribution is -2.38. The molecule has 2 amide bonds. The number of sulfonamides is 1. The van der Waals surface area contributed by atoms with E-state index in [0.29, 0.717) is 11.4 Å². The van der Waals surface area contributed by atoms with Crippen molar-refractivity contribution in [2.24, 2.45) is 0 Å². The molecule has 0 radical (unpaired) electrons. The van der Waals surface area contributed by atoms with Gasteiger partial charge in [0.05, 0.1) is 24.5 Å². The van der Waals surface area contributed by atoms with Crippen molar-refractivity contribution in [3.63, 3.8) is 0 Å². The first-order valence-corrected chi connectivity index (χ1v) is 12.9. The van der Waals surface area contributed by atoms with Crippen molar-refractivity contribution in [1.29, 1.82) is 0 Å². The highest BCUT2D eigenvalue weighted by atomic mass is 32.2. The second kappa shape index (κ2) is 11.5. The smallest absolute Gasteiger partial charge is 0.243 e. The van der Waals surface area contributed by atoms with Gasteiger partial charge in [-0.15, -0.1) is 0 Å². The third kappa shape index (κ3) is 6.57. The first-order chi connectivity index (χ1) is 16.2. The lowest BCUT2D eigenvalue weighted by atomic mass is 9.96. The molecule has 0 aliphatic heterocycles. The molecule has 0 aromatic heterocycles. The van der Waals surface area contributed by atoms with Crippen LogP contribution < -0.4 is 15.4 Å². The van der Waals surface area contributed by atoms with Crippen LogP contribution in [0.1, 0.15) is 57.1 Å². The van der Waals surface area contributed by atoms with Crippen molar-refractivity contribution in [3.8, 4) is 5.75 Å². The molecule has 8 nitrogen and oxygen atoms in total. The van der Waals surface area contributed by atoms with Gasteiger partial charge in [0, 0.05) is 25.7 Å². The Labute approximate surface area is 201 Å². The topological polar surface area (TPSA) is 105 Å². The molecule has 9 heteroatoms. The minimum atomic E-state index is -3.60. The molecule has 34 heavy (non-hydrogen) atoms. The monoisotopic (exact) mass is 487 g/mol. The summed E-state index contributed by atoms with van der Waals surface area (Å²) in [6, 6.07) is 12.9. The summed E-state index contributed by atoms with van der Waals surface area (Å²) < 4.78 is 32.6. The molecular weight excluding hydrogens is 454 g/mol. The zero-order valence-corrected chi connectivity index (χ0v) is 20.7. The third-order valence-electron chi connectivity index (χ3n) is 6.19. The van der Waals surface area contributed by atoms with Crippen molar-refractivity contribution in [2.45, 2.75) is 62.4 Å². The molecule has 0 spiro atoms. The van der Waals surface area contributed by atoms with Gasteiger partial charge in [0.25, 0.3) is 0 Å². The van der Waals surface area contributed by atoms with E-state index in [1.165, 1.54) is 23.4 Å². The molecule has 184 valence electrons. The highest BCUT2D eigenvalue weighted by Gasteiger charge is 2.29. The van der Waals surface area contributed by atoms with Crippen LogP contribution in [0.3, 0.4) is 0 Å². The Morgan fingerprint density at radius 3 is 2.21 bits per heavy atom. The number of nitrogens with one attached hydrogen (secondary N) is 2.